The first-order chi connectivity index (χ1) is 17.0. The zero-order valence-corrected chi connectivity index (χ0v) is 20.2. The van der Waals surface area contributed by atoms with Crippen LogP contribution >= 0.6 is 11.3 Å². The van der Waals surface area contributed by atoms with Crippen molar-refractivity contribution in [2.45, 2.75) is 31.9 Å². The van der Waals surface area contributed by atoms with E-state index >= 15 is 0 Å². The van der Waals surface area contributed by atoms with Crippen LogP contribution in [0.1, 0.15) is 22.3 Å². The van der Waals surface area contributed by atoms with Crippen molar-refractivity contribution in [3.8, 4) is 5.75 Å². The quantitative estimate of drug-likeness (QED) is 0.153. The Labute approximate surface area is 207 Å². The topological polar surface area (TPSA) is 97.4 Å². The second kappa shape index (κ2) is 12.1. The van der Waals surface area contributed by atoms with Crippen molar-refractivity contribution < 1.29 is 14.6 Å². The summed E-state index contributed by atoms with van der Waals surface area (Å²) >= 11 is 1.03. The number of thiazole rings is 1. The largest absolute Gasteiger partial charge is 0.506 e. The molecule has 0 fully saturated rings. The van der Waals surface area contributed by atoms with E-state index in [1.807, 2.05) is 18.2 Å². The van der Waals surface area contributed by atoms with Gasteiger partial charge < -0.3 is 20.5 Å². The Kier molecular flexibility index (Phi) is 8.65. The van der Waals surface area contributed by atoms with Gasteiger partial charge in [0, 0.05) is 13.0 Å². The van der Waals surface area contributed by atoms with E-state index in [1.54, 1.807) is 12.1 Å². The molecule has 3 aromatic carbocycles. The summed E-state index contributed by atoms with van der Waals surface area (Å²) in [7, 11) is 0. The fourth-order valence-electron chi connectivity index (χ4n) is 4.12. The minimum Gasteiger partial charge on any atom is -0.506 e. The molecule has 1 heterocycles. The number of aromatic hydroxyl groups is 1. The van der Waals surface area contributed by atoms with Gasteiger partial charge in [0.2, 0.25) is 0 Å². The number of aliphatic hydroxyl groups is 1. The summed E-state index contributed by atoms with van der Waals surface area (Å²) in [5, 5.41) is 26.9. The molecule has 5 N–H and O–H groups in total. The molecule has 0 radical (unpaired) electrons. The lowest BCUT2D eigenvalue weighted by molar-refractivity contribution is 0.138. The van der Waals surface area contributed by atoms with E-state index in [1.165, 1.54) is 23.3 Å². The van der Waals surface area contributed by atoms with Gasteiger partial charge in [-0.25, -0.2) is 4.39 Å². The van der Waals surface area contributed by atoms with Crippen LogP contribution in [0.15, 0.2) is 65.5 Å². The molecule has 0 saturated heterocycles. The number of phenolic OH excluding ortho intramolecular Hbond substituents is 1. The smallest absolute Gasteiger partial charge is 0.305 e. The average Bonchev–Trinajstić information content (AvgIpc) is 3.25. The molecule has 8 heteroatoms. The molecule has 6 nitrogen and oxygen atoms in total. The van der Waals surface area contributed by atoms with Gasteiger partial charge in [0.05, 0.1) is 4.70 Å². The monoisotopic (exact) mass is 495 g/mol. The molecule has 0 saturated carbocycles. The Bertz CT molecular complexity index is 1320. The maximum atomic E-state index is 13.7. The van der Waals surface area contributed by atoms with Crippen LogP contribution in [-0.4, -0.2) is 41.1 Å². The molecule has 0 bridgehead atoms. The normalized spacial score (nSPS) is 12.3. The SMILES string of the molecule is O=c1[nH]c2c(O)ccc(CC(O)NCCc3cccc(CCNCCc4ccccc4F)c3)c2s1. The first kappa shape index (κ1) is 25.1. The van der Waals surface area contributed by atoms with E-state index in [2.05, 4.69) is 33.8 Å². The lowest BCUT2D eigenvalue weighted by Crippen LogP contribution is -2.32. The predicted octanol–water partition coefficient (Wildman–Crippen LogP) is 3.50. The van der Waals surface area contributed by atoms with Gasteiger partial charge in [0.1, 0.15) is 23.3 Å². The highest BCUT2D eigenvalue weighted by Crippen LogP contribution is 2.28. The van der Waals surface area contributed by atoms with Crippen LogP contribution in [0.25, 0.3) is 10.2 Å². The molecule has 0 aliphatic rings. The van der Waals surface area contributed by atoms with Crippen molar-refractivity contribution in [2.75, 3.05) is 19.6 Å². The van der Waals surface area contributed by atoms with Gasteiger partial charge in [-0.2, -0.15) is 0 Å². The Hall–Kier alpha value is -3.04. The highest BCUT2D eigenvalue weighted by molar-refractivity contribution is 7.16. The van der Waals surface area contributed by atoms with Gasteiger partial charge in [-0.3, -0.25) is 10.1 Å². The van der Waals surface area contributed by atoms with Crippen molar-refractivity contribution in [3.05, 3.63) is 98.4 Å². The van der Waals surface area contributed by atoms with Crippen LogP contribution in [0.3, 0.4) is 0 Å². The highest BCUT2D eigenvalue weighted by atomic mass is 32.1. The third-order valence-corrected chi connectivity index (χ3v) is 6.91. The van der Waals surface area contributed by atoms with Gasteiger partial charge in [-0.1, -0.05) is 59.9 Å². The zero-order valence-electron chi connectivity index (χ0n) is 19.4. The van der Waals surface area contributed by atoms with Crippen molar-refractivity contribution in [3.63, 3.8) is 0 Å². The number of fused-ring (bicyclic) bond motifs is 1. The molecule has 1 aromatic heterocycles. The first-order valence-corrected chi connectivity index (χ1v) is 12.6. The summed E-state index contributed by atoms with van der Waals surface area (Å²) < 4.78 is 14.3. The molecule has 0 amide bonds. The van der Waals surface area contributed by atoms with Gasteiger partial charge in [-0.05, 0) is 66.7 Å². The fourth-order valence-corrected chi connectivity index (χ4v) is 5.00. The molecule has 184 valence electrons. The molecule has 0 spiro atoms. The number of aliphatic hydroxyl groups excluding tert-OH is 1. The number of aromatic amines is 1. The first-order valence-electron chi connectivity index (χ1n) is 11.8. The predicted molar refractivity (Wildman–Crippen MR) is 139 cm³/mol. The van der Waals surface area contributed by atoms with Gasteiger partial charge in [0.15, 0.2) is 0 Å². The van der Waals surface area contributed by atoms with Gasteiger partial charge >= 0.3 is 4.87 Å². The van der Waals surface area contributed by atoms with Crippen LogP contribution in [0.4, 0.5) is 4.39 Å². The second-order valence-electron chi connectivity index (χ2n) is 8.55. The van der Waals surface area contributed by atoms with E-state index in [9.17, 15) is 19.4 Å². The van der Waals surface area contributed by atoms with E-state index in [4.69, 9.17) is 0 Å². The molecule has 1 unspecified atom stereocenters. The number of aromatic nitrogens is 1. The molecule has 4 rings (SSSR count). The van der Waals surface area contributed by atoms with Crippen LogP contribution in [0.2, 0.25) is 0 Å². The van der Waals surface area contributed by atoms with E-state index in [-0.39, 0.29) is 16.4 Å². The molecular formula is C27H30FN3O3S. The van der Waals surface area contributed by atoms with Gasteiger partial charge in [-0.15, -0.1) is 0 Å². The van der Waals surface area contributed by atoms with Crippen molar-refractivity contribution in [1.29, 1.82) is 0 Å². The number of halogens is 1. The number of nitrogens with one attached hydrogen (secondary N) is 3. The minimum atomic E-state index is -0.762. The summed E-state index contributed by atoms with van der Waals surface area (Å²) in [5.41, 5.74) is 4.38. The molecule has 35 heavy (non-hydrogen) atoms. The fraction of sp³-hybridized carbons (Fsp3) is 0.296. The summed E-state index contributed by atoms with van der Waals surface area (Å²) in [6, 6.07) is 18.5. The number of benzene rings is 3. The van der Waals surface area contributed by atoms with Crippen LogP contribution in [0, 0.1) is 5.82 Å². The third kappa shape index (κ3) is 6.99. The van der Waals surface area contributed by atoms with Crippen LogP contribution in [-0.2, 0) is 25.7 Å². The maximum Gasteiger partial charge on any atom is 0.305 e. The Balaban J connectivity index is 1.19. The van der Waals surface area contributed by atoms with E-state index in [0.717, 1.165) is 48.4 Å². The van der Waals surface area contributed by atoms with E-state index in [0.29, 0.717) is 29.6 Å². The second-order valence-corrected chi connectivity index (χ2v) is 9.53. The number of phenols is 1. The summed E-state index contributed by atoms with van der Waals surface area (Å²) in [6.45, 7) is 2.16. The van der Waals surface area contributed by atoms with Crippen molar-refractivity contribution >= 4 is 21.6 Å². The maximum absolute atomic E-state index is 13.7. The molecule has 4 aromatic rings. The number of H-pyrrole nitrogens is 1. The standard InChI is InChI=1S/C27H30FN3O3S/c28-22-7-2-1-6-20(22)12-14-29-13-10-18-4-3-5-19(16-18)11-15-30-24(33)17-21-8-9-23(32)25-26(21)35-27(34)31-25/h1-9,16,24,29-30,32-33H,10-15,17H2,(H,31,34). The Morgan fingerprint density at radius 3 is 2.46 bits per heavy atom. The average molecular weight is 496 g/mol. The summed E-state index contributed by atoms with van der Waals surface area (Å²) in [4.78, 5) is 14.1. The number of hydrogen-bond acceptors (Lipinski definition) is 6. The lowest BCUT2D eigenvalue weighted by atomic mass is 10.1. The van der Waals surface area contributed by atoms with Crippen LogP contribution < -0.4 is 15.5 Å². The molecule has 0 aliphatic carbocycles. The van der Waals surface area contributed by atoms with Crippen molar-refractivity contribution in [2.24, 2.45) is 0 Å². The summed E-state index contributed by atoms with van der Waals surface area (Å²) in [5.74, 6) is -0.122. The number of hydrogen-bond donors (Lipinski definition) is 5. The van der Waals surface area contributed by atoms with Gasteiger partial charge in [0.25, 0.3) is 0 Å². The van der Waals surface area contributed by atoms with Crippen molar-refractivity contribution in [1.82, 2.24) is 15.6 Å². The lowest BCUT2D eigenvalue weighted by Gasteiger charge is -2.14. The summed E-state index contributed by atoms with van der Waals surface area (Å²) in [6.07, 6.45) is 1.90. The molecule has 0 aliphatic heterocycles. The highest BCUT2D eigenvalue weighted by Gasteiger charge is 2.13. The minimum absolute atomic E-state index is 0.0322. The number of rotatable bonds is 12. The van der Waals surface area contributed by atoms with E-state index < -0.39 is 6.23 Å². The van der Waals surface area contributed by atoms with Crippen LogP contribution in [0.5, 0.6) is 5.75 Å². The molecular weight excluding hydrogens is 465 g/mol. The Morgan fingerprint density at radius 2 is 1.66 bits per heavy atom. The Morgan fingerprint density at radius 1 is 0.914 bits per heavy atom. The third-order valence-electron chi connectivity index (χ3n) is 5.96. The zero-order chi connectivity index (χ0) is 24.6. The molecule has 1 atom stereocenters.